The Morgan fingerprint density at radius 1 is 1.08 bits per heavy atom. The average Bonchev–Trinajstić information content (AvgIpc) is 2.86. The van der Waals surface area contributed by atoms with Crippen LogP contribution in [0.3, 0.4) is 0 Å². The molecule has 1 aromatic carbocycles. The van der Waals surface area contributed by atoms with Crippen molar-refractivity contribution in [3.63, 3.8) is 0 Å². The maximum absolute atomic E-state index is 14.5. The van der Waals surface area contributed by atoms with E-state index >= 15 is 0 Å². The van der Waals surface area contributed by atoms with Crippen molar-refractivity contribution in [1.29, 1.82) is 0 Å². The van der Waals surface area contributed by atoms with E-state index < -0.39 is 24.0 Å². The molecule has 0 aliphatic carbocycles. The Morgan fingerprint density at radius 2 is 1.83 bits per heavy atom. The minimum absolute atomic E-state index is 0.160. The molecule has 1 aliphatic rings. The standard InChI is InChI=1S/C25H22F4N6O/c1-15-3-2-4-19(26)21(15)34-9-5-16(6-10-34)18-11-20-23(32-8-7-31-20)35(24(18)36)13-17-12-30-14-33-22(17)25(27,28)29/h2-4,7-8,11-12,14,16H,5-6,9-10,13H2,1H3. The molecule has 1 aliphatic heterocycles. The fourth-order valence-electron chi connectivity index (χ4n) is 4.89. The summed E-state index contributed by atoms with van der Waals surface area (Å²) in [6.45, 7) is 2.53. The van der Waals surface area contributed by atoms with E-state index in [2.05, 4.69) is 19.9 Å². The molecule has 0 N–H and O–H groups in total. The molecule has 3 aromatic heterocycles. The van der Waals surface area contributed by atoms with Crippen LogP contribution in [0.5, 0.6) is 0 Å². The summed E-state index contributed by atoms with van der Waals surface area (Å²) in [5.74, 6) is -0.449. The number of benzene rings is 1. The molecule has 0 amide bonds. The Balaban J connectivity index is 1.51. The lowest BCUT2D eigenvalue weighted by atomic mass is 9.89. The highest BCUT2D eigenvalue weighted by molar-refractivity contribution is 5.71. The highest BCUT2D eigenvalue weighted by atomic mass is 19.4. The fourth-order valence-corrected chi connectivity index (χ4v) is 4.89. The molecule has 0 atom stereocenters. The number of hydrogen-bond acceptors (Lipinski definition) is 6. The number of halogens is 4. The van der Waals surface area contributed by atoms with Crippen molar-refractivity contribution in [3.8, 4) is 0 Å². The molecular formula is C25H22F4N6O. The summed E-state index contributed by atoms with van der Waals surface area (Å²) in [4.78, 5) is 31.2. The van der Waals surface area contributed by atoms with E-state index in [0.717, 1.165) is 18.1 Å². The molecule has 7 nitrogen and oxygen atoms in total. The molecule has 4 aromatic rings. The maximum Gasteiger partial charge on any atom is 0.433 e. The van der Waals surface area contributed by atoms with Gasteiger partial charge in [0.25, 0.3) is 5.56 Å². The van der Waals surface area contributed by atoms with Crippen molar-refractivity contribution in [2.75, 3.05) is 18.0 Å². The van der Waals surface area contributed by atoms with Crippen molar-refractivity contribution in [1.82, 2.24) is 24.5 Å². The average molecular weight is 498 g/mol. The van der Waals surface area contributed by atoms with Gasteiger partial charge in [0.2, 0.25) is 0 Å². The van der Waals surface area contributed by atoms with E-state index in [1.54, 1.807) is 12.1 Å². The molecule has 0 spiro atoms. The molecule has 36 heavy (non-hydrogen) atoms. The predicted octanol–water partition coefficient (Wildman–Crippen LogP) is 4.48. The molecule has 4 heterocycles. The first kappa shape index (κ1) is 23.8. The van der Waals surface area contributed by atoms with E-state index in [9.17, 15) is 22.4 Å². The second kappa shape index (κ2) is 9.29. The first-order valence-electron chi connectivity index (χ1n) is 11.4. The highest BCUT2D eigenvalue weighted by Crippen LogP contribution is 2.33. The quantitative estimate of drug-likeness (QED) is 0.386. The smallest absolute Gasteiger partial charge is 0.369 e. The summed E-state index contributed by atoms with van der Waals surface area (Å²) in [5, 5.41) is 0. The van der Waals surface area contributed by atoms with Crippen LogP contribution in [0.25, 0.3) is 11.2 Å². The van der Waals surface area contributed by atoms with E-state index in [1.165, 1.54) is 23.0 Å². The molecule has 0 bridgehead atoms. The zero-order valence-corrected chi connectivity index (χ0v) is 19.3. The van der Waals surface area contributed by atoms with Gasteiger partial charge in [-0.1, -0.05) is 12.1 Å². The SMILES string of the molecule is Cc1cccc(F)c1N1CCC(c2cc3nccnc3n(Cc3cncnc3C(F)(F)F)c2=O)CC1. The lowest BCUT2D eigenvalue weighted by Crippen LogP contribution is -2.36. The second-order valence-corrected chi connectivity index (χ2v) is 8.82. The second-order valence-electron chi connectivity index (χ2n) is 8.82. The Morgan fingerprint density at radius 3 is 2.56 bits per heavy atom. The highest BCUT2D eigenvalue weighted by Gasteiger charge is 2.36. The van der Waals surface area contributed by atoms with Crippen molar-refractivity contribution in [2.24, 2.45) is 0 Å². The van der Waals surface area contributed by atoms with Crippen LogP contribution in [0, 0.1) is 12.7 Å². The first-order valence-corrected chi connectivity index (χ1v) is 11.4. The van der Waals surface area contributed by atoms with Gasteiger partial charge in [-0.3, -0.25) is 14.3 Å². The van der Waals surface area contributed by atoms with E-state index in [0.29, 0.717) is 42.7 Å². The molecule has 0 unspecified atom stereocenters. The number of piperidine rings is 1. The largest absolute Gasteiger partial charge is 0.433 e. The van der Waals surface area contributed by atoms with Crippen LogP contribution < -0.4 is 10.5 Å². The normalized spacial score (nSPS) is 15.0. The van der Waals surface area contributed by atoms with Gasteiger partial charge in [0.15, 0.2) is 11.3 Å². The van der Waals surface area contributed by atoms with Crippen LogP contribution in [0.1, 0.15) is 41.1 Å². The van der Waals surface area contributed by atoms with Gasteiger partial charge in [-0.25, -0.2) is 19.3 Å². The van der Waals surface area contributed by atoms with Gasteiger partial charge < -0.3 is 4.90 Å². The maximum atomic E-state index is 14.5. The number of hydrogen-bond donors (Lipinski definition) is 0. The number of fused-ring (bicyclic) bond motifs is 1. The van der Waals surface area contributed by atoms with Crippen LogP contribution in [0.15, 0.2) is 54.0 Å². The lowest BCUT2D eigenvalue weighted by Gasteiger charge is -2.34. The summed E-state index contributed by atoms with van der Waals surface area (Å²) in [6, 6.07) is 6.62. The molecule has 0 radical (unpaired) electrons. The third-order valence-corrected chi connectivity index (χ3v) is 6.57. The minimum Gasteiger partial charge on any atom is -0.369 e. The van der Waals surface area contributed by atoms with Gasteiger partial charge in [0.05, 0.1) is 12.2 Å². The number of pyridine rings is 1. The summed E-state index contributed by atoms with van der Waals surface area (Å²) in [7, 11) is 0. The van der Waals surface area contributed by atoms with Crippen molar-refractivity contribution < 1.29 is 17.6 Å². The Labute approximate surface area is 203 Å². The molecule has 1 fully saturated rings. The molecule has 11 heteroatoms. The number of aryl methyl sites for hydroxylation is 1. The van der Waals surface area contributed by atoms with E-state index in [1.807, 2.05) is 17.9 Å². The summed E-state index contributed by atoms with van der Waals surface area (Å²) >= 11 is 0. The van der Waals surface area contributed by atoms with Gasteiger partial charge in [-0.15, -0.1) is 0 Å². The fraction of sp³-hybridized carbons (Fsp3) is 0.320. The van der Waals surface area contributed by atoms with Crippen LogP contribution >= 0.6 is 0 Å². The van der Waals surface area contributed by atoms with Crippen molar-refractivity contribution in [3.05, 3.63) is 87.7 Å². The van der Waals surface area contributed by atoms with Gasteiger partial charge in [-0.2, -0.15) is 13.2 Å². The minimum atomic E-state index is -4.70. The summed E-state index contributed by atoms with van der Waals surface area (Å²) in [6.07, 6.45) is 1.21. The number of rotatable bonds is 4. The van der Waals surface area contributed by atoms with Crippen LogP contribution in [-0.2, 0) is 12.7 Å². The van der Waals surface area contributed by atoms with Crippen LogP contribution in [-0.4, -0.2) is 37.6 Å². The van der Waals surface area contributed by atoms with E-state index in [-0.39, 0.29) is 22.9 Å². The van der Waals surface area contributed by atoms with Crippen LogP contribution in [0.4, 0.5) is 23.2 Å². The summed E-state index contributed by atoms with van der Waals surface area (Å²) in [5.41, 5.74) is 0.677. The number of alkyl halides is 3. The third kappa shape index (κ3) is 4.40. The third-order valence-electron chi connectivity index (χ3n) is 6.57. The number of anilines is 1. The first-order chi connectivity index (χ1) is 17.2. The Bertz CT molecular complexity index is 1460. The van der Waals surface area contributed by atoms with Gasteiger partial charge in [0.1, 0.15) is 17.7 Å². The lowest BCUT2D eigenvalue weighted by molar-refractivity contribution is -0.142. The van der Waals surface area contributed by atoms with Gasteiger partial charge in [-0.05, 0) is 43.4 Å². The van der Waals surface area contributed by atoms with E-state index in [4.69, 9.17) is 0 Å². The van der Waals surface area contributed by atoms with Gasteiger partial charge >= 0.3 is 6.18 Å². The number of nitrogens with zero attached hydrogens (tertiary/aromatic N) is 6. The number of aromatic nitrogens is 5. The predicted molar refractivity (Wildman–Crippen MR) is 125 cm³/mol. The monoisotopic (exact) mass is 498 g/mol. The molecule has 0 saturated carbocycles. The molecule has 186 valence electrons. The number of para-hydroxylation sites is 1. The summed E-state index contributed by atoms with van der Waals surface area (Å²) < 4.78 is 56.3. The van der Waals surface area contributed by atoms with Gasteiger partial charge in [0, 0.05) is 42.8 Å². The molecular weight excluding hydrogens is 476 g/mol. The van der Waals surface area contributed by atoms with Crippen molar-refractivity contribution in [2.45, 2.75) is 38.4 Å². The topological polar surface area (TPSA) is 76.8 Å². The van der Waals surface area contributed by atoms with Crippen molar-refractivity contribution >= 4 is 16.9 Å². The zero-order chi connectivity index (χ0) is 25.4. The molecule has 1 saturated heterocycles. The Hall–Kier alpha value is -3.89. The Kier molecular flexibility index (Phi) is 6.15. The van der Waals surface area contributed by atoms with Crippen LogP contribution in [0.2, 0.25) is 0 Å². The molecule has 5 rings (SSSR count). The zero-order valence-electron chi connectivity index (χ0n) is 19.3.